The van der Waals surface area contributed by atoms with Gasteiger partial charge in [0.05, 0.1) is 0 Å². The van der Waals surface area contributed by atoms with Crippen LogP contribution >= 0.6 is 11.3 Å². The van der Waals surface area contributed by atoms with Crippen molar-refractivity contribution in [2.45, 2.75) is 45.1 Å². The van der Waals surface area contributed by atoms with Gasteiger partial charge >= 0.3 is 0 Å². The molecule has 1 aromatic heterocycles. The van der Waals surface area contributed by atoms with Gasteiger partial charge in [0.25, 0.3) is 0 Å². The summed E-state index contributed by atoms with van der Waals surface area (Å²) in [5, 5.41) is 5.73. The average molecular weight is 395 g/mol. The number of hydrogen-bond donors (Lipinski definition) is 1. The second-order valence-electron chi connectivity index (χ2n) is 8.28. The first-order valence-electron chi connectivity index (χ1n) is 10.9. The molecule has 2 aromatic rings. The molecule has 2 saturated heterocycles. The van der Waals surface area contributed by atoms with Crippen molar-refractivity contribution < 1.29 is 4.74 Å². The van der Waals surface area contributed by atoms with Crippen molar-refractivity contribution in [2.24, 2.45) is 0 Å². The minimum atomic E-state index is 0.688. The molecule has 2 fully saturated rings. The molecule has 0 bridgehead atoms. The van der Waals surface area contributed by atoms with Crippen LogP contribution in [0.25, 0.3) is 5.57 Å². The number of fused-ring (bicyclic) bond motifs is 2. The van der Waals surface area contributed by atoms with Gasteiger partial charge in [-0.3, -0.25) is 0 Å². The molecule has 0 unspecified atom stereocenters. The van der Waals surface area contributed by atoms with E-state index in [4.69, 9.17) is 4.74 Å². The third kappa shape index (κ3) is 3.78. The first-order chi connectivity index (χ1) is 13.9. The van der Waals surface area contributed by atoms with Crippen molar-refractivity contribution in [3.63, 3.8) is 0 Å². The number of likely N-dealkylation sites (tertiary alicyclic amines) is 1. The Morgan fingerprint density at radius 3 is 2.75 bits per heavy atom. The number of hydrogen-bond acceptors (Lipinski definition) is 4. The second kappa shape index (κ2) is 8.40. The van der Waals surface area contributed by atoms with Gasteiger partial charge in [0.2, 0.25) is 0 Å². The van der Waals surface area contributed by atoms with Crippen molar-refractivity contribution in [3.05, 3.63) is 56.8 Å². The second-order valence-corrected chi connectivity index (χ2v) is 9.19. The lowest BCUT2D eigenvalue weighted by Gasteiger charge is -2.26. The van der Waals surface area contributed by atoms with Crippen LogP contribution in [-0.4, -0.2) is 37.6 Å². The molecular weight excluding hydrogens is 364 g/mol. The quantitative estimate of drug-likeness (QED) is 0.805. The van der Waals surface area contributed by atoms with Gasteiger partial charge in [0.1, 0.15) is 12.4 Å². The number of piperidine rings is 2. The van der Waals surface area contributed by atoms with Gasteiger partial charge in [-0.05, 0) is 87.4 Å². The molecule has 0 saturated carbocycles. The molecule has 3 aliphatic rings. The molecule has 148 valence electrons. The first-order valence-corrected chi connectivity index (χ1v) is 11.7. The van der Waals surface area contributed by atoms with Crippen LogP contribution < -0.4 is 10.1 Å². The van der Waals surface area contributed by atoms with Crippen LogP contribution in [0.15, 0.2) is 35.2 Å². The predicted octanol–water partition coefficient (Wildman–Crippen LogP) is 4.85. The fourth-order valence-corrected chi connectivity index (χ4v) is 5.82. The van der Waals surface area contributed by atoms with Crippen LogP contribution in [0.1, 0.15) is 53.7 Å². The Hall–Kier alpha value is -1.62. The monoisotopic (exact) mass is 394 g/mol. The summed E-state index contributed by atoms with van der Waals surface area (Å²) in [6.07, 6.45) is 7.55. The molecule has 0 radical (unpaired) electrons. The zero-order chi connectivity index (χ0) is 18.8. The van der Waals surface area contributed by atoms with Crippen LogP contribution in [0.5, 0.6) is 5.75 Å². The summed E-state index contributed by atoms with van der Waals surface area (Å²) in [6.45, 7) is 6.59. The number of ether oxygens (including phenoxy) is 1. The standard InChI is InChI=1S/C24H30N2OS/c1-2-12-26(13-3-1)14-8-18-4-5-22-21(16-18)23(19-6-10-25-11-7-19)24-20(17-27-22)9-15-28-24/h4-5,9,15-16,25H,1-3,6-8,10-14,17H2. The molecule has 3 aliphatic heterocycles. The maximum Gasteiger partial charge on any atom is 0.127 e. The molecular formula is C24H30N2OS. The lowest BCUT2D eigenvalue weighted by Crippen LogP contribution is -2.31. The van der Waals surface area contributed by atoms with Crippen molar-refractivity contribution in [2.75, 3.05) is 32.7 Å². The summed E-state index contributed by atoms with van der Waals surface area (Å²) < 4.78 is 6.25. The van der Waals surface area contributed by atoms with Crippen LogP contribution in [0.3, 0.4) is 0 Å². The third-order valence-electron chi connectivity index (χ3n) is 6.40. The average Bonchev–Trinajstić information content (AvgIpc) is 3.15. The number of nitrogens with one attached hydrogen (secondary N) is 1. The lowest BCUT2D eigenvalue weighted by atomic mass is 9.90. The minimum absolute atomic E-state index is 0.688. The highest BCUT2D eigenvalue weighted by atomic mass is 32.1. The van der Waals surface area contributed by atoms with E-state index in [1.54, 1.807) is 5.57 Å². The van der Waals surface area contributed by atoms with E-state index in [0.717, 1.165) is 38.1 Å². The summed E-state index contributed by atoms with van der Waals surface area (Å²) in [5.74, 6) is 1.06. The Balaban J connectivity index is 1.49. The van der Waals surface area contributed by atoms with Gasteiger partial charge in [-0.25, -0.2) is 0 Å². The maximum atomic E-state index is 6.25. The highest BCUT2D eigenvalue weighted by Crippen LogP contribution is 2.43. The summed E-state index contributed by atoms with van der Waals surface area (Å²) in [7, 11) is 0. The van der Waals surface area contributed by atoms with E-state index in [0.29, 0.717) is 6.61 Å². The summed E-state index contributed by atoms with van der Waals surface area (Å²) in [5.41, 5.74) is 7.19. The van der Waals surface area contributed by atoms with Crippen molar-refractivity contribution in [1.29, 1.82) is 0 Å². The van der Waals surface area contributed by atoms with Crippen LogP contribution in [0, 0.1) is 0 Å². The molecule has 0 spiro atoms. The molecule has 1 N–H and O–H groups in total. The number of thiophene rings is 1. The molecule has 4 heterocycles. The molecule has 28 heavy (non-hydrogen) atoms. The van der Waals surface area contributed by atoms with Gasteiger partial charge in [0, 0.05) is 28.1 Å². The van der Waals surface area contributed by atoms with Gasteiger partial charge in [0.15, 0.2) is 0 Å². The SMILES string of the molecule is c1cc2c(s1)C(=C1CCNCC1)c1cc(CCN3CCCCC3)ccc1OC2. The first kappa shape index (κ1) is 18.4. The van der Waals surface area contributed by atoms with Crippen LogP contribution in [0.2, 0.25) is 0 Å². The van der Waals surface area contributed by atoms with E-state index in [1.165, 1.54) is 66.0 Å². The Kier molecular flexibility index (Phi) is 5.52. The van der Waals surface area contributed by atoms with Gasteiger partial charge in [-0.15, -0.1) is 11.3 Å². The van der Waals surface area contributed by atoms with Crippen molar-refractivity contribution in [1.82, 2.24) is 10.2 Å². The Morgan fingerprint density at radius 2 is 1.89 bits per heavy atom. The summed E-state index contributed by atoms with van der Waals surface area (Å²) in [4.78, 5) is 4.07. The highest BCUT2D eigenvalue weighted by molar-refractivity contribution is 7.11. The van der Waals surface area contributed by atoms with E-state index in [1.807, 2.05) is 11.3 Å². The summed E-state index contributed by atoms with van der Waals surface area (Å²) >= 11 is 1.88. The number of benzene rings is 1. The van der Waals surface area contributed by atoms with E-state index in [-0.39, 0.29) is 0 Å². The smallest absolute Gasteiger partial charge is 0.127 e. The Labute approximate surface area is 172 Å². The normalized spacial score (nSPS) is 20.3. The van der Waals surface area contributed by atoms with Crippen LogP contribution in [-0.2, 0) is 13.0 Å². The highest BCUT2D eigenvalue weighted by Gasteiger charge is 2.24. The van der Waals surface area contributed by atoms with E-state index >= 15 is 0 Å². The topological polar surface area (TPSA) is 24.5 Å². The number of nitrogens with zero attached hydrogens (tertiary/aromatic N) is 1. The van der Waals surface area contributed by atoms with Gasteiger partial charge < -0.3 is 15.0 Å². The zero-order valence-corrected chi connectivity index (χ0v) is 17.5. The molecule has 3 nitrogen and oxygen atoms in total. The third-order valence-corrected chi connectivity index (χ3v) is 7.37. The van der Waals surface area contributed by atoms with Crippen molar-refractivity contribution >= 4 is 16.9 Å². The van der Waals surface area contributed by atoms with E-state index in [2.05, 4.69) is 39.9 Å². The van der Waals surface area contributed by atoms with E-state index < -0.39 is 0 Å². The van der Waals surface area contributed by atoms with E-state index in [9.17, 15) is 0 Å². The fraction of sp³-hybridized carbons (Fsp3) is 0.500. The maximum absolute atomic E-state index is 6.25. The molecule has 5 rings (SSSR count). The molecule has 1 aromatic carbocycles. The molecule has 0 aliphatic carbocycles. The molecule has 0 atom stereocenters. The molecule has 4 heteroatoms. The Morgan fingerprint density at radius 1 is 1.04 bits per heavy atom. The largest absolute Gasteiger partial charge is 0.488 e. The molecule has 0 amide bonds. The summed E-state index contributed by atoms with van der Waals surface area (Å²) in [6, 6.07) is 9.18. The van der Waals surface area contributed by atoms with Crippen LogP contribution in [0.4, 0.5) is 0 Å². The Bertz CT molecular complexity index is 855. The predicted molar refractivity (Wildman–Crippen MR) is 117 cm³/mol. The zero-order valence-electron chi connectivity index (χ0n) is 16.6. The number of rotatable bonds is 3. The van der Waals surface area contributed by atoms with Gasteiger partial charge in [-0.2, -0.15) is 0 Å². The lowest BCUT2D eigenvalue weighted by molar-refractivity contribution is 0.231. The van der Waals surface area contributed by atoms with Crippen molar-refractivity contribution in [3.8, 4) is 5.75 Å². The minimum Gasteiger partial charge on any atom is -0.488 e. The fourth-order valence-electron chi connectivity index (χ4n) is 4.80. The van der Waals surface area contributed by atoms with Gasteiger partial charge in [-0.1, -0.05) is 18.1 Å².